The Bertz CT molecular complexity index is 634. The molecule has 0 saturated carbocycles. The predicted octanol–water partition coefficient (Wildman–Crippen LogP) is 1.24. The van der Waals surface area contributed by atoms with Gasteiger partial charge in [-0.1, -0.05) is 12.1 Å². The van der Waals surface area contributed by atoms with E-state index in [1.165, 1.54) is 0 Å². The molecule has 1 aromatic heterocycles. The third-order valence-electron chi connectivity index (χ3n) is 3.60. The molecule has 21 heavy (non-hydrogen) atoms. The van der Waals surface area contributed by atoms with Crippen molar-refractivity contribution in [3.8, 4) is 11.4 Å². The predicted molar refractivity (Wildman–Crippen MR) is 76.4 cm³/mol. The number of ether oxygens (including phenoxy) is 1. The number of nitrogens with zero attached hydrogens (tertiary/aromatic N) is 4. The Morgan fingerprint density at radius 3 is 2.90 bits per heavy atom. The molecule has 0 aliphatic carbocycles. The molecule has 0 radical (unpaired) electrons. The third kappa shape index (κ3) is 3.08. The first-order chi connectivity index (χ1) is 10.2. The number of rotatable bonds is 3. The lowest BCUT2D eigenvalue weighted by Crippen LogP contribution is -2.28. The lowest BCUT2D eigenvalue weighted by Gasteiger charge is -2.21. The van der Waals surface area contributed by atoms with Gasteiger partial charge in [-0.3, -0.25) is 4.79 Å². The largest absolute Gasteiger partial charge is 0.381 e. The maximum Gasteiger partial charge on any atom is 0.227 e. The number of hydrogen-bond donors (Lipinski definition) is 1. The smallest absolute Gasteiger partial charge is 0.227 e. The summed E-state index contributed by atoms with van der Waals surface area (Å²) in [6.07, 6.45) is 1.55. The minimum atomic E-state index is 0.0268. The molecule has 1 fully saturated rings. The molecule has 0 atom stereocenters. The highest BCUT2D eigenvalue weighted by Crippen LogP contribution is 2.21. The molecule has 1 aliphatic rings. The molecule has 7 heteroatoms. The van der Waals surface area contributed by atoms with Crippen LogP contribution in [0.5, 0.6) is 0 Å². The van der Waals surface area contributed by atoms with Crippen molar-refractivity contribution < 1.29 is 9.53 Å². The summed E-state index contributed by atoms with van der Waals surface area (Å²) in [7, 11) is 1.78. The Kier molecular flexibility index (Phi) is 3.92. The molecule has 0 bridgehead atoms. The zero-order chi connectivity index (χ0) is 14.7. The molecule has 1 aliphatic heterocycles. The molecule has 2 heterocycles. The van der Waals surface area contributed by atoms with Crippen LogP contribution in [0.4, 0.5) is 5.69 Å². The number of nitrogens with one attached hydrogen (secondary N) is 1. The van der Waals surface area contributed by atoms with Crippen molar-refractivity contribution in [1.29, 1.82) is 0 Å². The van der Waals surface area contributed by atoms with Gasteiger partial charge in [0.1, 0.15) is 0 Å². The van der Waals surface area contributed by atoms with Gasteiger partial charge in [-0.25, -0.2) is 4.68 Å². The second-order valence-corrected chi connectivity index (χ2v) is 5.08. The first kappa shape index (κ1) is 13.7. The highest BCUT2D eigenvalue weighted by Gasteiger charge is 2.21. The summed E-state index contributed by atoms with van der Waals surface area (Å²) in [4.78, 5) is 12.2. The zero-order valence-electron chi connectivity index (χ0n) is 11.8. The van der Waals surface area contributed by atoms with E-state index in [9.17, 15) is 4.79 Å². The summed E-state index contributed by atoms with van der Waals surface area (Å²) in [6.45, 7) is 1.31. The van der Waals surface area contributed by atoms with Crippen LogP contribution in [0.3, 0.4) is 0 Å². The molecular formula is C14H17N5O2. The van der Waals surface area contributed by atoms with Crippen LogP contribution in [0, 0.1) is 5.92 Å². The van der Waals surface area contributed by atoms with Gasteiger partial charge in [0, 0.05) is 37.4 Å². The van der Waals surface area contributed by atoms with Gasteiger partial charge in [-0.05, 0) is 35.4 Å². The molecule has 110 valence electrons. The Morgan fingerprint density at radius 2 is 2.19 bits per heavy atom. The van der Waals surface area contributed by atoms with Gasteiger partial charge in [0.15, 0.2) is 5.82 Å². The zero-order valence-corrected chi connectivity index (χ0v) is 11.8. The molecule has 1 aromatic carbocycles. The van der Waals surface area contributed by atoms with Gasteiger partial charge in [-0.2, -0.15) is 0 Å². The minimum Gasteiger partial charge on any atom is -0.381 e. The Morgan fingerprint density at radius 1 is 1.38 bits per heavy atom. The summed E-state index contributed by atoms with van der Waals surface area (Å²) >= 11 is 0. The van der Waals surface area contributed by atoms with Crippen molar-refractivity contribution in [1.82, 2.24) is 20.2 Å². The van der Waals surface area contributed by atoms with Crippen molar-refractivity contribution in [3.05, 3.63) is 24.3 Å². The van der Waals surface area contributed by atoms with Crippen LogP contribution in [0.25, 0.3) is 11.4 Å². The highest BCUT2D eigenvalue weighted by molar-refractivity contribution is 5.93. The van der Waals surface area contributed by atoms with E-state index in [2.05, 4.69) is 20.8 Å². The molecule has 1 saturated heterocycles. The number of hydrogen-bond acceptors (Lipinski definition) is 5. The Labute approximate surface area is 122 Å². The van der Waals surface area contributed by atoms with Crippen LogP contribution in [0.2, 0.25) is 0 Å². The fourth-order valence-electron chi connectivity index (χ4n) is 2.41. The number of amides is 1. The molecule has 0 spiro atoms. The van der Waals surface area contributed by atoms with Gasteiger partial charge in [0.2, 0.25) is 5.91 Å². The summed E-state index contributed by atoms with van der Waals surface area (Å²) in [6, 6.07) is 7.53. The van der Waals surface area contributed by atoms with E-state index in [4.69, 9.17) is 4.74 Å². The fraction of sp³-hybridized carbons (Fsp3) is 0.429. The van der Waals surface area contributed by atoms with Crippen LogP contribution >= 0.6 is 0 Å². The van der Waals surface area contributed by atoms with Crippen molar-refractivity contribution >= 4 is 11.6 Å². The molecule has 0 unspecified atom stereocenters. The van der Waals surface area contributed by atoms with Crippen LogP contribution in [0.15, 0.2) is 24.3 Å². The summed E-state index contributed by atoms with van der Waals surface area (Å²) in [5.74, 6) is 0.739. The van der Waals surface area contributed by atoms with Crippen molar-refractivity contribution in [2.24, 2.45) is 13.0 Å². The number of benzene rings is 1. The Balaban J connectivity index is 1.74. The SMILES string of the molecule is Cn1nnnc1-c1cccc(NC(=O)C2CCOCC2)c1. The standard InChI is InChI=1S/C14H17N5O2/c1-19-13(16-17-18-19)11-3-2-4-12(9-11)15-14(20)10-5-7-21-8-6-10/h2-4,9-10H,5-8H2,1H3,(H,15,20). The maximum absolute atomic E-state index is 12.2. The summed E-state index contributed by atoms with van der Waals surface area (Å²) in [5.41, 5.74) is 1.62. The van der Waals surface area contributed by atoms with Crippen LogP contribution in [-0.4, -0.2) is 39.3 Å². The molecule has 2 aromatic rings. The monoisotopic (exact) mass is 287 g/mol. The van der Waals surface area contributed by atoms with Gasteiger partial charge < -0.3 is 10.1 Å². The lowest BCUT2D eigenvalue weighted by atomic mass is 9.99. The molecule has 1 N–H and O–H groups in total. The van der Waals surface area contributed by atoms with Crippen LogP contribution in [-0.2, 0) is 16.6 Å². The second-order valence-electron chi connectivity index (χ2n) is 5.08. The topological polar surface area (TPSA) is 81.9 Å². The van der Waals surface area contributed by atoms with E-state index >= 15 is 0 Å². The number of anilines is 1. The normalized spacial score (nSPS) is 15.9. The summed E-state index contributed by atoms with van der Waals surface area (Å²) in [5, 5.41) is 14.4. The number of carbonyl (C=O) groups is 1. The molecular weight excluding hydrogens is 270 g/mol. The third-order valence-corrected chi connectivity index (χ3v) is 3.60. The van der Waals surface area contributed by atoms with E-state index in [-0.39, 0.29) is 11.8 Å². The van der Waals surface area contributed by atoms with E-state index < -0.39 is 0 Å². The minimum absolute atomic E-state index is 0.0268. The van der Waals surface area contributed by atoms with Crippen LogP contribution < -0.4 is 5.32 Å². The lowest BCUT2D eigenvalue weighted by molar-refractivity contribution is -0.122. The van der Waals surface area contributed by atoms with Gasteiger partial charge in [0.05, 0.1) is 0 Å². The van der Waals surface area contributed by atoms with E-state index in [0.29, 0.717) is 19.0 Å². The van der Waals surface area contributed by atoms with Gasteiger partial charge in [-0.15, -0.1) is 5.10 Å². The molecule has 3 rings (SSSR count). The average molecular weight is 287 g/mol. The average Bonchev–Trinajstić information content (AvgIpc) is 2.94. The number of tetrazole rings is 1. The van der Waals surface area contributed by atoms with E-state index in [1.54, 1.807) is 11.7 Å². The quantitative estimate of drug-likeness (QED) is 0.918. The first-order valence-electron chi connectivity index (χ1n) is 6.95. The van der Waals surface area contributed by atoms with Crippen molar-refractivity contribution in [2.75, 3.05) is 18.5 Å². The number of aromatic nitrogens is 4. The van der Waals surface area contributed by atoms with Crippen molar-refractivity contribution in [3.63, 3.8) is 0 Å². The highest BCUT2D eigenvalue weighted by atomic mass is 16.5. The van der Waals surface area contributed by atoms with E-state index in [1.807, 2.05) is 24.3 Å². The Hall–Kier alpha value is -2.28. The number of aryl methyl sites for hydroxylation is 1. The maximum atomic E-state index is 12.2. The van der Waals surface area contributed by atoms with Gasteiger partial charge in [0.25, 0.3) is 0 Å². The van der Waals surface area contributed by atoms with Crippen molar-refractivity contribution in [2.45, 2.75) is 12.8 Å². The fourth-order valence-corrected chi connectivity index (χ4v) is 2.41. The first-order valence-corrected chi connectivity index (χ1v) is 6.95. The van der Waals surface area contributed by atoms with Gasteiger partial charge >= 0.3 is 0 Å². The molecule has 7 nitrogen and oxygen atoms in total. The second kappa shape index (κ2) is 6.01. The summed E-state index contributed by atoms with van der Waals surface area (Å²) < 4.78 is 6.87. The van der Waals surface area contributed by atoms with E-state index in [0.717, 1.165) is 24.1 Å². The molecule has 1 amide bonds. The van der Waals surface area contributed by atoms with Crippen LogP contribution in [0.1, 0.15) is 12.8 Å². The number of carbonyl (C=O) groups excluding carboxylic acids is 1.